The summed E-state index contributed by atoms with van der Waals surface area (Å²) in [4.78, 5) is 0. The van der Waals surface area contributed by atoms with Crippen molar-refractivity contribution in [2.45, 2.75) is 43.8 Å². The van der Waals surface area contributed by atoms with E-state index in [2.05, 4.69) is 0 Å². The highest BCUT2D eigenvalue weighted by atomic mass is 35.5. The zero-order chi connectivity index (χ0) is 13.5. The van der Waals surface area contributed by atoms with Gasteiger partial charge in [-0.05, 0) is 55.7 Å². The van der Waals surface area contributed by atoms with Gasteiger partial charge in [-0.15, -0.1) is 0 Å². The van der Waals surface area contributed by atoms with Crippen molar-refractivity contribution in [2.75, 3.05) is 6.61 Å². The van der Waals surface area contributed by atoms with Crippen molar-refractivity contribution in [1.29, 1.82) is 0 Å². The molecule has 1 N–H and O–H groups in total. The van der Waals surface area contributed by atoms with E-state index in [1.54, 1.807) is 12.1 Å². The molecule has 19 heavy (non-hydrogen) atoms. The molecule has 1 aliphatic carbocycles. The van der Waals surface area contributed by atoms with Crippen LogP contribution in [-0.2, 0) is 4.74 Å². The summed E-state index contributed by atoms with van der Waals surface area (Å²) in [5, 5.41) is 11.6. The lowest BCUT2D eigenvalue weighted by Gasteiger charge is -2.48. The van der Waals surface area contributed by atoms with Gasteiger partial charge < -0.3 is 9.84 Å². The minimum atomic E-state index is -0.476. The third-order valence-electron chi connectivity index (χ3n) is 4.53. The van der Waals surface area contributed by atoms with Gasteiger partial charge in [0.25, 0.3) is 0 Å². The third-order valence-corrected chi connectivity index (χ3v) is 5.27. The molecule has 2 unspecified atom stereocenters. The van der Waals surface area contributed by atoms with Gasteiger partial charge in [0.05, 0.1) is 21.8 Å². The highest BCUT2D eigenvalue weighted by Crippen LogP contribution is 2.47. The van der Waals surface area contributed by atoms with Gasteiger partial charge in [-0.1, -0.05) is 29.3 Å². The lowest BCUT2D eigenvalue weighted by atomic mass is 9.70. The van der Waals surface area contributed by atoms with E-state index in [9.17, 15) is 5.11 Å². The van der Waals surface area contributed by atoms with Crippen molar-refractivity contribution in [2.24, 2.45) is 5.92 Å². The summed E-state index contributed by atoms with van der Waals surface area (Å²) in [6, 6.07) is 5.39. The van der Waals surface area contributed by atoms with Crippen molar-refractivity contribution in [3.63, 3.8) is 0 Å². The first-order valence-corrected chi connectivity index (χ1v) is 7.62. The molecule has 2 fully saturated rings. The SMILES string of the molecule is OC(c1ccc(Cl)c(Cl)c1)C1CCOC2(CCC2)C1. The molecule has 2 nitrogen and oxygen atoms in total. The monoisotopic (exact) mass is 300 g/mol. The lowest BCUT2D eigenvalue weighted by molar-refractivity contribution is -0.157. The zero-order valence-corrected chi connectivity index (χ0v) is 12.3. The molecule has 1 aliphatic heterocycles. The number of benzene rings is 1. The van der Waals surface area contributed by atoms with Crippen LogP contribution in [0.4, 0.5) is 0 Å². The van der Waals surface area contributed by atoms with Gasteiger partial charge in [0.1, 0.15) is 0 Å². The van der Waals surface area contributed by atoms with Gasteiger partial charge in [-0.25, -0.2) is 0 Å². The Balaban J connectivity index is 1.75. The largest absolute Gasteiger partial charge is 0.388 e. The highest BCUT2D eigenvalue weighted by Gasteiger charge is 2.44. The highest BCUT2D eigenvalue weighted by molar-refractivity contribution is 6.42. The minimum Gasteiger partial charge on any atom is -0.388 e. The molecule has 1 spiro atoms. The molecule has 0 aromatic heterocycles. The topological polar surface area (TPSA) is 29.5 Å². The van der Waals surface area contributed by atoms with Crippen molar-refractivity contribution in [3.05, 3.63) is 33.8 Å². The first kappa shape index (κ1) is 13.7. The molecule has 4 heteroatoms. The average Bonchev–Trinajstić information content (AvgIpc) is 2.39. The molecule has 1 aromatic rings. The van der Waals surface area contributed by atoms with Gasteiger partial charge in [-0.3, -0.25) is 0 Å². The Morgan fingerprint density at radius 2 is 2.05 bits per heavy atom. The van der Waals surface area contributed by atoms with Crippen LogP contribution in [0.5, 0.6) is 0 Å². The number of hydrogen-bond acceptors (Lipinski definition) is 2. The molecule has 1 saturated carbocycles. The van der Waals surface area contributed by atoms with Gasteiger partial charge in [0.2, 0.25) is 0 Å². The predicted molar refractivity (Wildman–Crippen MR) is 76.7 cm³/mol. The molecular formula is C15H18Cl2O2. The first-order chi connectivity index (χ1) is 9.10. The predicted octanol–water partition coefficient (Wildman–Crippen LogP) is 4.38. The molecule has 0 amide bonds. The molecule has 2 aliphatic rings. The van der Waals surface area contributed by atoms with E-state index in [1.165, 1.54) is 6.42 Å². The van der Waals surface area contributed by atoms with Crippen LogP contribution in [0.2, 0.25) is 10.0 Å². The Labute approximate surface area is 123 Å². The van der Waals surface area contributed by atoms with Crippen LogP contribution in [0.15, 0.2) is 18.2 Å². The molecule has 3 rings (SSSR count). The van der Waals surface area contributed by atoms with Crippen LogP contribution in [-0.4, -0.2) is 17.3 Å². The van der Waals surface area contributed by atoms with Crippen molar-refractivity contribution < 1.29 is 9.84 Å². The molecule has 2 atom stereocenters. The maximum Gasteiger partial charge on any atom is 0.0820 e. The maximum atomic E-state index is 10.6. The van der Waals surface area contributed by atoms with Crippen molar-refractivity contribution in [1.82, 2.24) is 0 Å². The van der Waals surface area contributed by atoms with Crippen LogP contribution in [0.1, 0.15) is 43.8 Å². The van der Waals surface area contributed by atoms with Crippen LogP contribution in [0, 0.1) is 5.92 Å². The van der Waals surface area contributed by atoms with Crippen molar-refractivity contribution >= 4 is 23.2 Å². The average molecular weight is 301 g/mol. The standard InChI is InChI=1S/C15H18Cl2O2/c16-12-3-2-10(8-13(12)17)14(18)11-4-7-19-15(9-11)5-1-6-15/h2-3,8,11,14,18H,1,4-7,9H2. The fourth-order valence-corrected chi connectivity index (χ4v) is 3.53. The summed E-state index contributed by atoms with van der Waals surface area (Å²) in [6.45, 7) is 0.753. The zero-order valence-electron chi connectivity index (χ0n) is 10.7. The van der Waals surface area contributed by atoms with Gasteiger partial charge >= 0.3 is 0 Å². The fraction of sp³-hybridized carbons (Fsp3) is 0.600. The molecule has 1 saturated heterocycles. The number of aliphatic hydroxyl groups excluding tert-OH is 1. The minimum absolute atomic E-state index is 0.0557. The summed E-state index contributed by atoms with van der Waals surface area (Å²) in [5.41, 5.74) is 0.913. The fourth-order valence-electron chi connectivity index (χ4n) is 3.22. The number of rotatable bonds is 2. The van der Waals surface area contributed by atoms with E-state index in [1.807, 2.05) is 6.07 Å². The van der Waals surface area contributed by atoms with Crippen LogP contribution >= 0.6 is 23.2 Å². The molecule has 1 heterocycles. The second kappa shape index (κ2) is 5.25. The summed E-state index contributed by atoms with van der Waals surface area (Å²) in [6.07, 6.45) is 4.90. The van der Waals surface area contributed by atoms with Crippen LogP contribution in [0.25, 0.3) is 0 Å². The number of ether oxygens (including phenoxy) is 1. The number of halogens is 2. The Morgan fingerprint density at radius 1 is 1.26 bits per heavy atom. The summed E-state index contributed by atoms with van der Waals surface area (Å²) in [7, 11) is 0. The van der Waals surface area contributed by atoms with E-state index in [0.717, 1.165) is 37.9 Å². The molecular weight excluding hydrogens is 283 g/mol. The van der Waals surface area contributed by atoms with E-state index in [-0.39, 0.29) is 11.5 Å². The molecule has 0 bridgehead atoms. The third kappa shape index (κ3) is 2.64. The maximum absolute atomic E-state index is 10.6. The number of aliphatic hydroxyl groups is 1. The molecule has 104 valence electrons. The van der Waals surface area contributed by atoms with Crippen LogP contribution in [0.3, 0.4) is 0 Å². The van der Waals surface area contributed by atoms with E-state index < -0.39 is 6.10 Å². The van der Waals surface area contributed by atoms with E-state index >= 15 is 0 Å². The van der Waals surface area contributed by atoms with E-state index in [0.29, 0.717) is 10.0 Å². The van der Waals surface area contributed by atoms with Crippen molar-refractivity contribution in [3.8, 4) is 0 Å². The molecule has 1 aromatic carbocycles. The number of hydrogen-bond donors (Lipinski definition) is 1. The second-order valence-electron chi connectivity index (χ2n) is 5.76. The van der Waals surface area contributed by atoms with Gasteiger partial charge in [0, 0.05) is 6.61 Å². The Bertz CT molecular complexity index is 471. The Hall–Kier alpha value is -0.280. The Morgan fingerprint density at radius 3 is 2.68 bits per heavy atom. The van der Waals surface area contributed by atoms with Gasteiger partial charge in [-0.2, -0.15) is 0 Å². The summed E-state index contributed by atoms with van der Waals surface area (Å²) < 4.78 is 5.90. The Kier molecular flexibility index (Phi) is 3.78. The first-order valence-electron chi connectivity index (χ1n) is 6.87. The van der Waals surface area contributed by atoms with E-state index in [4.69, 9.17) is 27.9 Å². The molecule has 0 radical (unpaired) electrons. The second-order valence-corrected chi connectivity index (χ2v) is 6.57. The van der Waals surface area contributed by atoms with Gasteiger partial charge in [0.15, 0.2) is 0 Å². The normalized spacial score (nSPS) is 27.0. The smallest absolute Gasteiger partial charge is 0.0820 e. The summed E-state index contributed by atoms with van der Waals surface area (Å²) >= 11 is 11.9. The summed E-state index contributed by atoms with van der Waals surface area (Å²) in [5.74, 6) is 0.256. The van der Waals surface area contributed by atoms with Crippen LogP contribution < -0.4 is 0 Å². The quantitative estimate of drug-likeness (QED) is 0.878. The lowest BCUT2D eigenvalue weighted by Crippen LogP contribution is -2.46.